The van der Waals surface area contributed by atoms with E-state index in [2.05, 4.69) is 56.9 Å². The van der Waals surface area contributed by atoms with E-state index in [1.165, 1.54) is 87.3 Å². The van der Waals surface area contributed by atoms with Crippen LogP contribution in [0.2, 0.25) is 0 Å². The van der Waals surface area contributed by atoms with E-state index in [1.54, 1.807) is 16.7 Å². The molecule has 29 heavy (non-hydrogen) atoms. The maximum absolute atomic E-state index is 3.56. The molecule has 0 aromatic heterocycles. The summed E-state index contributed by atoms with van der Waals surface area (Å²) < 4.78 is 0. The molecule has 0 heterocycles. The lowest BCUT2D eigenvalue weighted by atomic mass is 9.64. The predicted molar refractivity (Wildman–Crippen MR) is 126 cm³/mol. The van der Waals surface area contributed by atoms with Crippen molar-refractivity contribution >= 4 is 5.57 Å². The highest BCUT2D eigenvalue weighted by Gasteiger charge is 2.46. The summed E-state index contributed by atoms with van der Waals surface area (Å²) in [5, 5.41) is 0. The van der Waals surface area contributed by atoms with Crippen molar-refractivity contribution in [3.8, 4) is 11.8 Å². The molecule has 0 nitrogen and oxygen atoms in total. The predicted octanol–water partition coefficient (Wildman–Crippen LogP) is 8.08. The Labute approximate surface area is 178 Å². The molecular formula is C29H38. The van der Waals surface area contributed by atoms with Gasteiger partial charge in [-0.05, 0) is 72.9 Å². The third-order valence-corrected chi connectivity index (χ3v) is 7.60. The van der Waals surface area contributed by atoms with Crippen molar-refractivity contribution in [1.29, 1.82) is 0 Å². The highest BCUT2D eigenvalue weighted by atomic mass is 14.5. The summed E-state index contributed by atoms with van der Waals surface area (Å²) in [6, 6.07) is 4.79. The van der Waals surface area contributed by atoms with E-state index in [1.807, 2.05) is 0 Å². The van der Waals surface area contributed by atoms with E-state index >= 15 is 0 Å². The number of rotatable bonds is 8. The van der Waals surface area contributed by atoms with Crippen LogP contribution in [0.15, 0.2) is 29.9 Å². The Kier molecular flexibility index (Phi) is 6.34. The van der Waals surface area contributed by atoms with E-state index in [4.69, 9.17) is 0 Å². The van der Waals surface area contributed by atoms with Crippen LogP contribution in [-0.2, 0) is 11.8 Å². The van der Waals surface area contributed by atoms with Gasteiger partial charge in [0.15, 0.2) is 0 Å². The van der Waals surface area contributed by atoms with E-state index in [0.717, 1.165) is 6.42 Å². The minimum atomic E-state index is 0.271. The molecule has 3 aliphatic rings. The fourth-order valence-corrected chi connectivity index (χ4v) is 6.09. The van der Waals surface area contributed by atoms with Crippen molar-refractivity contribution in [2.24, 2.45) is 5.92 Å². The van der Waals surface area contributed by atoms with Gasteiger partial charge < -0.3 is 0 Å². The summed E-state index contributed by atoms with van der Waals surface area (Å²) in [7, 11) is 0. The molecule has 0 radical (unpaired) electrons. The third-order valence-electron chi connectivity index (χ3n) is 7.60. The molecule has 3 aliphatic carbocycles. The lowest BCUT2D eigenvalue weighted by Crippen LogP contribution is -2.32. The summed E-state index contributed by atoms with van der Waals surface area (Å²) in [6.07, 6.45) is 20.7. The Morgan fingerprint density at radius 3 is 2.69 bits per heavy atom. The molecule has 0 spiro atoms. The van der Waals surface area contributed by atoms with Gasteiger partial charge in [-0.1, -0.05) is 88.0 Å². The number of unbranched alkanes of at least 4 members (excludes halogenated alkanes) is 6. The lowest BCUT2D eigenvalue weighted by molar-refractivity contribution is 0.374. The van der Waals surface area contributed by atoms with Crippen molar-refractivity contribution in [3.05, 3.63) is 52.1 Å². The van der Waals surface area contributed by atoms with E-state index in [9.17, 15) is 0 Å². The first-order valence-electron chi connectivity index (χ1n) is 12.2. The fourth-order valence-electron chi connectivity index (χ4n) is 6.09. The van der Waals surface area contributed by atoms with Crippen LogP contribution < -0.4 is 0 Å². The summed E-state index contributed by atoms with van der Waals surface area (Å²) in [5.74, 6) is 7.37. The third kappa shape index (κ3) is 3.86. The largest absolute Gasteiger partial charge is 0.0982 e. The average molecular weight is 387 g/mol. The van der Waals surface area contributed by atoms with Gasteiger partial charge in [0.05, 0.1) is 0 Å². The summed E-state index contributed by atoms with van der Waals surface area (Å²) >= 11 is 0. The summed E-state index contributed by atoms with van der Waals surface area (Å²) in [4.78, 5) is 0. The van der Waals surface area contributed by atoms with E-state index < -0.39 is 0 Å². The van der Waals surface area contributed by atoms with Crippen LogP contribution in [0.3, 0.4) is 0 Å². The van der Waals surface area contributed by atoms with Gasteiger partial charge in [-0.25, -0.2) is 0 Å². The van der Waals surface area contributed by atoms with Crippen molar-refractivity contribution in [1.82, 2.24) is 0 Å². The molecule has 4 rings (SSSR count). The van der Waals surface area contributed by atoms with E-state index in [-0.39, 0.29) is 5.41 Å². The van der Waals surface area contributed by atoms with Crippen LogP contribution >= 0.6 is 0 Å². The van der Waals surface area contributed by atoms with E-state index in [0.29, 0.717) is 5.92 Å². The minimum absolute atomic E-state index is 0.271. The molecule has 2 atom stereocenters. The molecule has 0 amide bonds. The molecule has 0 heteroatoms. The zero-order valence-electron chi connectivity index (χ0n) is 18.9. The average Bonchev–Trinajstić information content (AvgIpc) is 2.96. The van der Waals surface area contributed by atoms with Gasteiger partial charge >= 0.3 is 0 Å². The highest BCUT2D eigenvalue weighted by molar-refractivity contribution is 5.88. The molecule has 0 aliphatic heterocycles. The first kappa shape index (κ1) is 20.5. The molecule has 0 bridgehead atoms. The first-order valence-corrected chi connectivity index (χ1v) is 12.2. The van der Waals surface area contributed by atoms with Gasteiger partial charge in [0.1, 0.15) is 0 Å². The molecule has 0 saturated carbocycles. The number of aryl methyl sites for hydroxylation is 1. The van der Waals surface area contributed by atoms with Gasteiger partial charge in [0.2, 0.25) is 0 Å². The lowest BCUT2D eigenvalue weighted by Gasteiger charge is -2.39. The maximum Gasteiger partial charge on any atom is 0.0357 e. The van der Waals surface area contributed by atoms with Crippen molar-refractivity contribution in [3.63, 3.8) is 0 Å². The van der Waals surface area contributed by atoms with Crippen LogP contribution in [0.1, 0.15) is 107 Å². The molecule has 1 aromatic rings. The molecule has 1 aromatic carbocycles. The first-order chi connectivity index (χ1) is 14.2. The number of allylic oxidation sites excluding steroid dienone is 4. The Balaban J connectivity index is 1.64. The molecule has 0 fully saturated rings. The topological polar surface area (TPSA) is 0 Å². The smallest absolute Gasteiger partial charge is 0.0357 e. The van der Waals surface area contributed by atoms with Crippen LogP contribution in [0.4, 0.5) is 0 Å². The second-order valence-electron chi connectivity index (χ2n) is 9.63. The summed E-state index contributed by atoms with van der Waals surface area (Å²) in [6.45, 7) is 6.85. The highest BCUT2D eigenvalue weighted by Crippen LogP contribution is 2.57. The Hall–Kier alpha value is -1.74. The second-order valence-corrected chi connectivity index (χ2v) is 9.63. The zero-order valence-corrected chi connectivity index (χ0v) is 18.9. The van der Waals surface area contributed by atoms with Gasteiger partial charge in [0.25, 0.3) is 0 Å². The summed E-state index contributed by atoms with van der Waals surface area (Å²) in [5.41, 5.74) is 9.86. The van der Waals surface area contributed by atoms with Crippen LogP contribution in [0.25, 0.3) is 5.57 Å². The maximum atomic E-state index is 3.56. The monoisotopic (exact) mass is 386 g/mol. The number of fused-ring (bicyclic) bond motifs is 2. The number of benzene rings is 1. The fraction of sp³-hybridized carbons (Fsp3) is 0.586. The number of hydrogen-bond acceptors (Lipinski definition) is 0. The minimum Gasteiger partial charge on any atom is -0.0982 e. The van der Waals surface area contributed by atoms with Gasteiger partial charge in [-0.15, -0.1) is 0 Å². The van der Waals surface area contributed by atoms with Crippen LogP contribution in [-0.4, -0.2) is 0 Å². The quantitative estimate of drug-likeness (QED) is 0.313. The molecular weight excluding hydrogens is 348 g/mol. The van der Waals surface area contributed by atoms with Crippen molar-refractivity contribution < 1.29 is 0 Å². The Morgan fingerprint density at radius 2 is 1.86 bits per heavy atom. The number of hydrogen-bond donors (Lipinski definition) is 0. The van der Waals surface area contributed by atoms with Gasteiger partial charge in [-0.2, -0.15) is 0 Å². The SMILES string of the molecule is CCCCCCCCCC12CCCc3c(C)ccc(c31)C1=C2CC#CC(C)/C=C\1. The van der Waals surface area contributed by atoms with Crippen molar-refractivity contribution in [2.45, 2.75) is 103 Å². The second kappa shape index (κ2) is 8.95. The Bertz CT molecular complexity index is 869. The normalized spacial score (nSPS) is 25.6. The Morgan fingerprint density at radius 1 is 1.07 bits per heavy atom. The zero-order chi connectivity index (χ0) is 20.3. The van der Waals surface area contributed by atoms with Crippen LogP contribution in [0.5, 0.6) is 0 Å². The molecule has 0 saturated heterocycles. The van der Waals surface area contributed by atoms with Crippen LogP contribution in [0, 0.1) is 24.7 Å². The molecule has 154 valence electrons. The standard InChI is InChI=1S/C29H38/c1-4-5-6-7-8-9-10-20-29-21-12-14-24-23(3)17-19-26(28(24)29)25-18-16-22(2)13-11-15-27(25)29/h16-19,22H,4-10,12,14-15,20-21H2,1-3H3/b18-16-. The van der Waals surface area contributed by atoms with Crippen molar-refractivity contribution in [2.75, 3.05) is 0 Å². The molecule has 0 N–H and O–H groups in total. The van der Waals surface area contributed by atoms with Gasteiger partial charge in [0, 0.05) is 17.8 Å². The molecule has 2 unspecified atom stereocenters. The van der Waals surface area contributed by atoms with Gasteiger partial charge in [-0.3, -0.25) is 0 Å².